The van der Waals surface area contributed by atoms with Crippen LogP contribution in [0.5, 0.6) is 0 Å². The number of carbonyl (C=O) groups excluding carboxylic acids is 1. The smallest absolute Gasteiger partial charge is 0.305 e. The van der Waals surface area contributed by atoms with Crippen molar-refractivity contribution in [3.63, 3.8) is 0 Å². The van der Waals surface area contributed by atoms with Gasteiger partial charge in [-0.3, -0.25) is 14.8 Å². The van der Waals surface area contributed by atoms with E-state index in [2.05, 4.69) is 14.7 Å². The summed E-state index contributed by atoms with van der Waals surface area (Å²) in [4.78, 5) is 18.8. The molecule has 70 valence electrons. The summed E-state index contributed by atoms with van der Waals surface area (Å²) in [6.07, 6.45) is 6.94. The molecular weight excluding hydrogens is 168 g/mol. The van der Waals surface area contributed by atoms with Gasteiger partial charge < -0.3 is 4.74 Å². The van der Waals surface area contributed by atoms with Gasteiger partial charge in [-0.25, -0.2) is 0 Å². The first-order valence-corrected chi connectivity index (χ1v) is 4.14. The van der Waals surface area contributed by atoms with E-state index in [-0.39, 0.29) is 5.97 Å². The van der Waals surface area contributed by atoms with E-state index in [1.54, 1.807) is 18.6 Å². The number of rotatable bonds is 4. The Morgan fingerprint density at radius 2 is 2.38 bits per heavy atom. The lowest BCUT2D eigenvalue weighted by atomic mass is 10.2. The Labute approximate surface area is 77.0 Å². The second-order valence-electron chi connectivity index (χ2n) is 2.63. The van der Waals surface area contributed by atoms with E-state index in [4.69, 9.17) is 0 Å². The second kappa shape index (κ2) is 5.24. The van der Waals surface area contributed by atoms with Crippen LogP contribution in [0.4, 0.5) is 0 Å². The summed E-state index contributed by atoms with van der Waals surface area (Å²) in [5.74, 6) is -0.177. The van der Waals surface area contributed by atoms with Crippen LogP contribution in [0.1, 0.15) is 18.5 Å². The molecule has 0 radical (unpaired) electrons. The van der Waals surface area contributed by atoms with E-state index in [1.807, 2.05) is 0 Å². The normalized spacial score (nSPS) is 9.62. The van der Waals surface area contributed by atoms with Crippen molar-refractivity contribution in [2.45, 2.75) is 19.3 Å². The number of carbonyl (C=O) groups is 1. The Hall–Kier alpha value is -1.45. The fraction of sp³-hybridized carbons (Fsp3) is 0.444. The summed E-state index contributed by atoms with van der Waals surface area (Å²) >= 11 is 0. The number of aromatic nitrogens is 2. The molecule has 1 aromatic rings. The molecule has 0 aliphatic carbocycles. The second-order valence-corrected chi connectivity index (χ2v) is 2.63. The summed E-state index contributed by atoms with van der Waals surface area (Å²) in [7, 11) is 1.39. The van der Waals surface area contributed by atoms with Gasteiger partial charge in [-0.2, -0.15) is 0 Å². The Balaban J connectivity index is 2.24. The van der Waals surface area contributed by atoms with Crippen molar-refractivity contribution in [3.05, 3.63) is 24.3 Å². The number of nitrogens with zero attached hydrogens (tertiary/aromatic N) is 2. The van der Waals surface area contributed by atoms with E-state index >= 15 is 0 Å². The fourth-order valence-electron chi connectivity index (χ4n) is 0.975. The van der Waals surface area contributed by atoms with Crippen LogP contribution >= 0.6 is 0 Å². The summed E-state index contributed by atoms with van der Waals surface area (Å²) in [5, 5.41) is 0. The van der Waals surface area contributed by atoms with E-state index in [9.17, 15) is 4.79 Å². The lowest BCUT2D eigenvalue weighted by molar-refractivity contribution is -0.140. The maximum Gasteiger partial charge on any atom is 0.305 e. The fourth-order valence-corrected chi connectivity index (χ4v) is 0.975. The van der Waals surface area contributed by atoms with Gasteiger partial charge in [0.15, 0.2) is 0 Å². The first-order valence-electron chi connectivity index (χ1n) is 4.14. The summed E-state index contributed by atoms with van der Waals surface area (Å²) in [6.45, 7) is 0. The van der Waals surface area contributed by atoms with E-state index in [0.717, 1.165) is 18.5 Å². The summed E-state index contributed by atoms with van der Waals surface area (Å²) in [5.41, 5.74) is 0.909. The number of aryl methyl sites for hydroxylation is 1. The van der Waals surface area contributed by atoms with Gasteiger partial charge in [0.05, 0.1) is 12.8 Å². The van der Waals surface area contributed by atoms with Crippen LogP contribution < -0.4 is 0 Å². The van der Waals surface area contributed by atoms with Crippen molar-refractivity contribution in [1.82, 2.24) is 9.97 Å². The van der Waals surface area contributed by atoms with Gasteiger partial charge in [-0.05, 0) is 12.8 Å². The first kappa shape index (κ1) is 9.64. The third kappa shape index (κ3) is 3.64. The Morgan fingerprint density at radius 1 is 1.54 bits per heavy atom. The predicted molar refractivity (Wildman–Crippen MR) is 47.0 cm³/mol. The number of hydrogen-bond donors (Lipinski definition) is 0. The minimum Gasteiger partial charge on any atom is -0.469 e. The number of ether oxygens (including phenoxy) is 1. The summed E-state index contributed by atoms with van der Waals surface area (Å²) < 4.78 is 4.51. The maximum atomic E-state index is 10.7. The highest BCUT2D eigenvalue weighted by Gasteiger charge is 2.00. The zero-order valence-electron chi connectivity index (χ0n) is 7.56. The molecule has 0 aliphatic heterocycles. The predicted octanol–water partition coefficient (Wildman–Crippen LogP) is 0.972. The van der Waals surface area contributed by atoms with Crippen LogP contribution in [0.15, 0.2) is 18.6 Å². The molecule has 0 aliphatic rings. The average molecular weight is 180 g/mol. The highest BCUT2D eigenvalue weighted by Crippen LogP contribution is 2.00. The molecule has 13 heavy (non-hydrogen) atoms. The SMILES string of the molecule is COC(=O)CCCc1cnccn1. The van der Waals surface area contributed by atoms with Gasteiger partial charge in [-0.1, -0.05) is 0 Å². The van der Waals surface area contributed by atoms with Gasteiger partial charge in [0.1, 0.15) is 0 Å². The third-order valence-electron chi connectivity index (χ3n) is 1.66. The van der Waals surface area contributed by atoms with Gasteiger partial charge >= 0.3 is 5.97 Å². The topological polar surface area (TPSA) is 52.1 Å². The molecule has 0 N–H and O–H groups in total. The lowest BCUT2D eigenvalue weighted by Crippen LogP contribution is -2.01. The minimum absolute atomic E-state index is 0.177. The van der Waals surface area contributed by atoms with Crippen LogP contribution in [0.3, 0.4) is 0 Å². The molecule has 0 bridgehead atoms. The van der Waals surface area contributed by atoms with Gasteiger partial charge in [-0.15, -0.1) is 0 Å². The van der Waals surface area contributed by atoms with Crippen molar-refractivity contribution in [3.8, 4) is 0 Å². The molecule has 0 amide bonds. The van der Waals surface area contributed by atoms with Gasteiger partial charge in [0.25, 0.3) is 0 Å². The quantitative estimate of drug-likeness (QED) is 0.648. The zero-order valence-corrected chi connectivity index (χ0v) is 7.56. The lowest BCUT2D eigenvalue weighted by Gasteiger charge is -1.98. The van der Waals surface area contributed by atoms with Gasteiger partial charge in [0.2, 0.25) is 0 Å². The number of methoxy groups -OCH3 is 1. The van der Waals surface area contributed by atoms with Crippen LogP contribution in [-0.2, 0) is 16.0 Å². The molecule has 1 rings (SSSR count). The van der Waals surface area contributed by atoms with Crippen LogP contribution in [0.2, 0.25) is 0 Å². The van der Waals surface area contributed by atoms with Crippen molar-refractivity contribution in [2.24, 2.45) is 0 Å². The zero-order chi connectivity index (χ0) is 9.52. The third-order valence-corrected chi connectivity index (χ3v) is 1.66. The summed E-state index contributed by atoms with van der Waals surface area (Å²) in [6, 6.07) is 0. The molecule has 0 atom stereocenters. The molecule has 0 unspecified atom stereocenters. The van der Waals surface area contributed by atoms with Crippen molar-refractivity contribution in [2.75, 3.05) is 7.11 Å². The number of esters is 1. The molecule has 0 fully saturated rings. The first-order chi connectivity index (χ1) is 6.33. The van der Waals surface area contributed by atoms with Crippen LogP contribution in [-0.4, -0.2) is 23.0 Å². The van der Waals surface area contributed by atoms with E-state index in [0.29, 0.717) is 6.42 Å². The number of hydrogen-bond acceptors (Lipinski definition) is 4. The average Bonchev–Trinajstić information content (AvgIpc) is 2.19. The molecule has 0 spiro atoms. The Bertz CT molecular complexity index is 262. The molecule has 1 heterocycles. The van der Waals surface area contributed by atoms with Gasteiger partial charge in [0, 0.05) is 25.0 Å². The Morgan fingerprint density at radius 3 is 3.00 bits per heavy atom. The van der Waals surface area contributed by atoms with Crippen LogP contribution in [0, 0.1) is 0 Å². The maximum absolute atomic E-state index is 10.7. The Kier molecular flexibility index (Phi) is 3.88. The molecule has 4 nitrogen and oxygen atoms in total. The van der Waals surface area contributed by atoms with E-state index in [1.165, 1.54) is 7.11 Å². The van der Waals surface area contributed by atoms with Crippen molar-refractivity contribution >= 4 is 5.97 Å². The monoisotopic (exact) mass is 180 g/mol. The highest BCUT2D eigenvalue weighted by molar-refractivity contribution is 5.69. The molecule has 0 saturated heterocycles. The van der Waals surface area contributed by atoms with E-state index < -0.39 is 0 Å². The molecule has 0 aromatic carbocycles. The molecular formula is C9H12N2O2. The van der Waals surface area contributed by atoms with Crippen molar-refractivity contribution < 1.29 is 9.53 Å². The molecule has 4 heteroatoms. The van der Waals surface area contributed by atoms with Crippen molar-refractivity contribution in [1.29, 1.82) is 0 Å². The minimum atomic E-state index is -0.177. The highest BCUT2D eigenvalue weighted by atomic mass is 16.5. The molecule has 1 aromatic heterocycles. The standard InChI is InChI=1S/C9H12N2O2/c1-13-9(12)4-2-3-8-7-10-5-6-11-8/h5-7H,2-4H2,1H3. The van der Waals surface area contributed by atoms with Crippen LogP contribution in [0.25, 0.3) is 0 Å². The molecule has 0 saturated carbocycles. The largest absolute Gasteiger partial charge is 0.469 e.